The van der Waals surface area contributed by atoms with E-state index >= 15 is 0 Å². The minimum absolute atomic E-state index is 0.108. The lowest BCUT2D eigenvalue weighted by atomic mass is 10.2. The fourth-order valence-electron chi connectivity index (χ4n) is 2.35. The summed E-state index contributed by atoms with van der Waals surface area (Å²) in [6, 6.07) is 11.3. The predicted octanol–water partition coefficient (Wildman–Crippen LogP) is 3.95. The molecule has 0 saturated heterocycles. The van der Waals surface area contributed by atoms with Crippen LogP contribution in [0.25, 0.3) is 10.9 Å². The summed E-state index contributed by atoms with van der Waals surface area (Å²) in [7, 11) is 3.07. The molecule has 0 fully saturated rings. The second kappa shape index (κ2) is 6.41. The summed E-state index contributed by atoms with van der Waals surface area (Å²) in [6.45, 7) is 0. The van der Waals surface area contributed by atoms with Crippen LogP contribution in [0.1, 0.15) is 0 Å². The Balaban J connectivity index is 2.12. The van der Waals surface area contributed by atoms with Crippen LogP contribution >= 0.6 is 0 Å². The highest BCUT2D eigenvalue weighted by atomic mass is 16.6. The Labute approximate surface area is 137 Å². The molecule has 0 unspecified atom stereocenters. The van der Waals surface area contributed by atoms with Crippen molar-refractivity contribution in [2.75, 3.05) is 14.2 Å². The first-order valence-electron chi connectivity index (χ1n) is 7.06. The molecule has 0 aliphatic carbocycles. The number of rotatable bonds is 5. The highest BCUT2D eigenvalue weighted by Gasteiger charge is 2.17. The summed E-state index contributed by atoms with van der Waals surface area (Å²) in [6.07, 6.45) is 1.57. The summed E-state index contributed by atoms with van der Waals surface area (Å²) < 4.78 is 16.3. The fraction of sp³-hybridized carbons (Fsp3) is 0.118. The van der Waals surface area contributed by atoms with Crippen molar-refractivity contribution in [3.63, 3.8) is 0 Å². The molecular weight excluding hydrogens is 312 g/mol. The molecular formula is C17H14N2O5. The number of ether oxygens (including phenoxy) is 3. The minimum Gasteiger partial charge on any atom is -0.493 e. The van der Waals surface area contributed by atoms with Crippen molar-refractivity contribution in [2.24, 2.45) is 0 Å². The average Bonchev–Trinajstić information content (AvgIpc) is 2.61. The van der Waals surface area contributed by atoms with Crippen molar-refractivity contribution in [1.82, 2.24) is 4.98 Å². The number of para-hydroxylation sites is 2. The van der Waals surface area contributed by atoms with Gasteiger partial charge in [0.1, 0.15) is 5.75 Å². The highest BCUT2D eigenvalue weighted by molar-refractivity contribution is 5.88. The molecule has 7 heteroatoms. The van der Waals surface area contributed by atoms with Crippen molar-refractivity contribution in [1.29, 1.82) is 0 Å². The first-order chi connectivity index (χ1) is 11.6. The van der Waals surface area contributed by atoms with Crippen LogP contribution in [0.15, 0.2) is 48.7 Å². The molecule has 2 aromatic carbocycles. The Kier molecular flexibility index (Phi) is 4.15. The molecule has 1 heterocycles. The van der Waals surface area contributed by atoms with Crippen LogP contribution in [0.4, 0.5) is 5.69 Å². The van der Waals surface area contributed by atoms with Crippen molar-refractivity contribution < 1.29 is 19.1 Å². The van der Waals surface area contributed by atoms with Crippen LogP contribution in [-0.4, -0.2) is 24.1 Å². The molecule has 3 rings (SSSR count). The number of aromatic nitrogens is 1. The molecule has 0 radical (unpaired) electrons. The third-order valence-corrected chi connectivity index (χ3v) is 3.49. The average molecular weight is 326 g/mol. The quantitative estimate of drug-likeness (QED) is 0.521. The lowest BCUT2D eigenvalue weighted by molar-refractivity contribution is -0.385. The van der Waals surface area contributed by atoms with Gasteiger partial charge in [-0.2, -0.15) is 0 Å². The van der Waals surface area contributed by atoms with E-state index in [0.717, 1.165) is 0 Å². The van der Waals surface area contributed by atoms with E-state index in [1.165, 1.54) is 20.3 Å². The van der Waals surface area contributed by atoms with Crippen LogP contribution in [0.3, 0.4) is 0 Å². The third-order valence-electron chi connectivity index (χ3n) is 3.49. The van der Waals surface area contributed by atoms with Gasteiger partial charge in [-0.25, -0.2) is 0 Å². The first kappa shape index (κ1) is 15.5. The molecule has 0 saturated carbocycles. The predicted molar refractivity (Wildman–Crippen MR) is 88.0 cm³/mol. The van der Waals surface area contributed by atoms with Crippen molar-refractivity contribution in [3.05, 3.63) is 58.8 Å². The van der Waals surface area contributed by atoms with Gasteiger partial charge in [-0.3, -0.25) is 15.1 Å². The topological polar surface area (TPSA) is 83.7 Å². The van der Waals surface area contributed by atoms with Crippen molar-refractivity contribution >= 4 is 16.6 Å². The Morgan fingerprint density at radius 3 is 2.38 bits per heavy atom. The van der Waals surface area contributed by atoms with E-state index in [4.69, 9.17) is 14.2 Å². The number of methoxy groups -OCH3 is 2. The van der Waals surface area contributed by atoms with E-state index in [1.54, 1.807) is 42.6 Å². The van der Waals surface area contributed by atoms with E-state index in [2.05, 4.69) is 4.98 Å². The third kappa shape index (κ3) is 2.79. The zero-order valence-electron chi connectivity index (χ0n) is 13.1. The number of fused-ring (bicyclic) bond motifs is 1. The molecule has 3 aromatic rings. The second-order valence-electron chi connectivity index (χ2n) is 4.86. The van der Waals surface area contributed by atoms with Gasteiger partial charge < -0.3 is 14.2 Å². The van der Waals surface area contributed by atoms with Crippen LogP contribution in [0.5, 0.6) is 23.0 Å². The van der Waals surface area contributed by atoms with E-state index in [-0.39, 0.29) is 11.4 Å². The lowest BCUT2D eigenvalue weighted by Gasteiger charge is -2.12. The van der Waals surface area contributed by atoms with Crippen LogP contribution < -0.4 is 14.2 Å². The number of hydrogen-bond donors (Lipinski definition) is 0. The maximum atomic E-state index is 11.1. The zero-order valence-corrected chi connectivity index (χ0v) is 13.1. The van der Waals surface area contributed by atoms with Crippen molar-refractivity contribution in [2.45, 2.75) is 0 Å². The lowest BCUT2D eigenvalue weighted by Crippen LogP contribution is -1.95. The van der Waals surface area contributed by atoms with Gasteiger partial charge in [0.25, 0.3) is 0 Å². The van der Waals surface area contributed by atoms with Crippen LogP contribution in [-0.2, 0) is 0 Å². The molecule has 0 atom stereocenters. The normalized spacial score (nSPS) is 10.4. The largest absolute Gasteiger partial charge is 0.493 e. The molecule has 7 nitrogen and oxygen atoms in total. The number of hydrogen-bond acceptors (Lipinski definition) is 6. The Morgan fingerprint density at radius 1 is 0.958 bits per heavy atom. The smallest absolute Gasteiger partial charge is 0.311 e. The SMILES string of the molecule is COc1cc2nccc(Oc3ccccc3[N+](=O)[O-])c2cc1OC. The van der Waals surface area contributed by atoms with E-state index in [9.17, 15) is 10.1 Å². The molecule has 0 aliphatic rings. The molecule has 122 valence electrons. The summed E-state index contributed by atoms with van der Waals surface area (Å²) in [5, 5.41) is 11.8. The van der Waals surface area contributed by atoms with Crippen molar-refractivity contribution in [3.8, 4) is 23.0 Å². The highest BCUT2D eigenvalue weighted by Crippen LogP contribution is 2.38. The van der Waals surface area contributed by atoms with Gasteiger partial charge in [0.15, 0.2) is 11.5 Å². The number of benzene rings is 2. The fourth-order valence-corrected chi connectivity index (χ4v) is 2.35. The number of pyridine rings is 1. The molecule has 0 aliphatic heterocycles. The molecule has 0 bridgehead atoms. The standard InChI is InChI=1S/C17H14N2O5/c1-22-16-9-11-12(10-17(16)23-2)18-8-7-14(11)24-15-6-4-3-5-13(15)19(20)21/h3-10H,1-2H3. The van der Waals surface area contributed by atoms with Gasteiger partial charge >= 0.3 is 5.69 Å². The molecule has 0 spiro atoms. The molecule has 24 heavy (non-hydrogen) atoms. The second-order valence-corrected chi connectivity index (χ2v) is 4.86. The zero-order chi connectivity index (χ0) is 17.1. The minimum atomic E-state index is -0.484. The Bertz CT molecular complexity index is 911. The number of nitro groups is 1. The monoisotopic (exact) mass is 326 g/mol. The van der Waals surface area contributed by atoms with Gasteiger partial charge in [-0.1, -0.05) is 12.1 Å². The Morgan fingerprint density at radius 2 is 1.67 bits per heavy atom. The van der Waals surface area contributed by atoms with E-state index in [0.29, 0.717) is 28.2 Å². The van der Waals surface area contributed by atoms with E-state index in [1.807, 2.05) is 0 Å². The van der Waals surface area contributed by atoms with Gasteiger partial charge in [0, 0.05) is 23.7 Å². The van der Waals surface area contributed by atoms with E-state index < -0.39 is 4.92 Å². The summed E-state index contributed by atoms with van der Waals surface area (Å²) in [5.74, 6) is 1.66. The number of nitrogens with zero attached hydrogens (tertiary/aromatic N) is 2. The Hall–Kier alpha value is -3.35. The maximum Gasteiger partial charge on any atom is 0.311 e. The first-order valence-corrected chi connectivity index (χ1v) is 7.06. The summed E-state index contributed by atoms with van der Waals surface area (Å²) >= 11 is 0. The molecule has 0 amide bonds. The van der Waals surface area contributed by atoms with Crippen LogP contribution in [0, 0.1) is 10.1 Å². The summed E-state index contributed by atoms with van der Waals surface area (Å²) in [4.78, 5) is 14.9. The summed E-state index contributed by atoms with van der Waals surface area (Å²) in [5.41, 5.74) is 0.520. The van der Waals surface area contributed by atoms with Gasteiger partial charge in [-0.05, 0) is 18.2 Å². The maximum absolute atomic E-state index is 11.1. The number of nitro benzene ring substituents is 1. The van der Waals surface area contributed by atoms with Crippen LogP contribution in [0.2, 0.25) is 0 Å². The van der Waals surface area contributed by atoms with Gasteiger partial charge in [0.05, 0.1) is 24.7 Å². The molecule has 0 N–H and O–H groups in total. The van der Waals surface area contributed by atoms with Gasteiger partial charge in [-0.15, -0.1) is 0 Å². The van der Waals surface area contributed by atoms with Gasteiger partial charge in [0.2, 0.25) is 5.75 Å². The molecule has 1 aromatic heterocycles.